The Hall–Kier alpha value is -2.73. The summed E-state index contributed by atoms with van der Waals surface area (Å²) in [4.78, 5) is 22.8. The number of nitrogens with zero attached hydrogens (tertiary/aromatic N) is 1. The van der Waals surface area contributed by atoms with E-state index in [1.165, 1.54) is 11.6 Å². The SMILES string of the molecule is Cc1ccc(C(=O)NCC2(O)CCc3ccccc3C2)cc1[N+](=O)[O-]. The first-order valence-electron chi connectivity index (χ1n) is 8.20. The van der Waals surface area contributed by atoms with Gasteiger partial charge in [-0.15, -0.1) is 0 Å². The van der Waals surface area contributed by atoms with Gasteiger partial charge < -0.3 is 10.4 Å². The van der Waals surface area contributed by atoms with Crippen LogP contribution >= 0.6 is 0 Å². The highest BCUT2D eigenvalue weighted by molar-refractivity contribution is 5.95. The Kier molecular flexibility index (Phi) is 4.55. The molecule has 0 fully saturated rings. The molecule has 1 aliphatic carbocycles. The number of carbonyl (C=O) groups excluding carboxylic acids is 1. The minimum absolute atomic E-state index is 0.0852. The van der Waals surface area contributed by atoms with Gasteiger partial charge in [0.15, 0.2) is 0 Å². The number of hydrogen-bond donors (Lipinski definition) is 2. The van der Waals surface area contributed by atoms with Crippen molar-refractivity contribution in [3.8, 4) is 0 Å². The van der Waals surface area contributed by atoms with Crippen LogP contribution in [-0.2, 0) is 12.8 Å². The van der Waals surface area contributed by atoms with E-state index in [1.54, 1.807) is 19.1 Å². The van der Waals surface area contributed by atoms with E-state index in [-0.39, 0.29) is 17.8 Å². The lowest BCUT2D eigenvalue weighted by molar-refractivity contribution is -0.385. The average molecular weight is 340 g/mol. The summed E-state index contributed by atoms with van der Waals surface area (Å²) in [5.74, 6) is -0.421. The maximum atomic E-state index is 12.3. The fraction of sp³-hybridized carbons (Fsp3) is 0.316. The fourth-order valence-corrected chi connectivity index (χ4v) is 3.23. The lowest BCUT2D eigenvalue weighted by Gasteiger charge is -2.33. The summed E-state index contributed by atoms with van der Waals surface area (Å²) in [6.07, 6.45) is 1.81. The average Bonchev–Trinajstić information content (AvgIpc) is 2.60. The molecule has 6 nitrogen and oxygen atoms in total. The summed E-state index contributed by atoms with van der Waals surface area (Å²) in [6.45, 7) is 1.74. The first kappa shape index (κ1) is 17.1. The maximum Gasteiger partial charge on any atom is 0.273 e. The van der Waals surface area contributed by atoms with E-state index < -0.39 is 16.4 Å². The van der Waals surface area contributed by atoms with Crippen molar-refractivity contribution >= 4 is 11.6 Å². The van der Waals surface area contributed by atoms with Crippen molar-refractivity contribution in [3.05, 3.63) is 74.8 Å². The van der Waals surface area contributed by atoms with Crippen molar-refractivity contribution in [3.63, 3.8) is 0 Å². The van der Waals surface area contributed by atoms with Crippen LogP contribution in [-0.4, -0.2) is 28.1 Å². The van der Waals surface area contributed by atoms with Crippen LogP contribution in [0.4, 0.5) is 5.69 Å². The lowest BCUT2D eigenvalue weighted by atomic mass is 9.80. The molecular weight excluding hydrogens is 320 g/mol. The normalized spacial score (nSPS) is 19.1. The van der Waals surface area contributed by atoms with E-state index in [2.05, 4.69) is 11.4 Å². The highest BCUT2D eigenvalue weighted by Crippen LogP contribution is 2.28. The smallest absolute Gasteiger partial charge is 0.273 e. The largest absolute Gasteiger partial charge is 0.388 e. The molecule has 0 heterocycles. The molecule has 3 rings (SSSR count). The van der Waals surface area contributed by atoms with Crippen LogP contribution in [0.25, 0.3) is 0 Å². The zero-order valence-electron chi connectivity index (χ0n) is 14.0. The maximum absolute atomic E-state index is 12.3. The molecule has 0 spiro atoms. The Balaban J connectivity index is 1.69. The molecule has 2 N–H and O–H groups in total. The third kappa shape index (κ3) is 3.69. The summed E-state index contributed by atoms with van der Waals surface area (Å²) < 4.78 is 0. The first-order valence-corrected chi connectivity index (χ1v) is 8.20. The molecule has 0 aromatic heterocycles. The van der Waals surface area contributed by atoms with Crippen LogP contribution < -0.4 is 5.32 Å². The number of nitro groups is 1. The van der Waals surface area contributed by atoms with Crippen molar-refractivity contribution in [2.75, 3.05) is 6.54 Å². The standard InChI is InChI=1S/C19H20N2O4/c1-13-6-7-15(10-17(13)21(24)25)18(22)20-12-19(23)9-8-14-4-2-3-5-16(14)11-19/h2-7,10,23H,8-9,11-12H2,1H3,(H,20,22). The van der Waals surface area contributed by atoms with Gasteiger partial charge in [-0.2, -0.15) is 0 Å². The second-order valence-corrected chi connectivity index (χ2v) is 6.61. The summed E-state index contributed by atoms with van der Waals surface area (Å²) in [5, 5.41) is 24.5. The molecule has 0 bridgehead atoms. The molecule has 1 amide bonds. The third-order valence-electron chi connectivity index (χ3n) is 4.74. The molecular formula is C19H20N2O4. The summed E-state index contributed by atoms with van der Waals surface area (Å²) in [7, 11) is 0. The zero-order valence-corrected chi connectivity index (χ0v) is 14.0. The predicted octanol–water partition coefficient (Wildman–Crippen LogP) is 2.55. The second kappa shape index (κ2) is 6.64. The van der Waals surface area contributed by atoms with Crippen LogP contribution in [0.2, 0.25) is 0 Å². The van der Waals surface area contributed by atoms with Gasteiger partial charge in [0.25, 0.3) is 11.6 Å². The Labute approximate surface area is 145 Å². The van der Waals surface area contributed by atoms with E-state index in [0.29, 0.717) is 18.4 Å². The second-order valence-electron chi connectivity index (χ2n) is 6.61. The number of hydrogen-bond acceptors (Lipinski definition) is 4. The van der Waals surface area contributed by atoms with E-state index in [1.807, 2.05) is 18.2 Å². The van der Waals surface area contributed by atoms with Gasteiger partial charge in [0, 0.05) is 30.2 Å². The minimum atomic E-state index is -0.999. The molecule has 1 aliphatic rings. The fourth-order valence-electron chi connectivity index (χ4n) is 3.23. The van der Waals surface area contributed by atoms with Crippen molar-refractivity contribution < 1.29 is 14.8 Å². The molecule has 0 saturated heterocycles. The van der Waals surface area contributed by atoms with Crippen molar-refractivity contribution in [2.24, 2.45) is 0 Å². The number of aliphatic hydroxyl groups is 1. The molecule has 1 unspecified atom stereocenters. The summed E-state index contributed by atoms with van der Waals surface area (Å²) in [5.41, 5.74) is 1.96. The lowest BCUT2D eigenvalue weighted by Crippen LogP contribution is -2.46. The molecule has 0 saturated carbocycles. The highest BCUT2D eigenvalue weighted by Gasteiger charge is 2.32. The Morgan fingerprint density at radius 2 is 2.00 bits per heavy atom. The molecule has 2 aromatic carbocycles. The van der Waals surface area contributed by atoms with E-state index in [9.17, 15) is 20.0 Å². The number of nitro benzene ring substituents is 1. The van der Waals surface area contributed by atoms with Gasteiger partial charge in [0.2, 0.25) is 0 Å². The van der Waals surface area contributed by atoms with Gasteiger partial charge in [-0.3, -0.25) is 14.9 Å². The minimum Gasteiger partial charge on any atom is -0.388 e. The third-order valence-corrected chi connectivity index (χ3v) is 4.74. The quantitative estimate of drug-likeness (QED) is 0.661. The molecule has 6 heteroatoms. The molecule has 1 atom stereocenters. The number of rotatable bonds is 4. The van der Waals surface area contributed by atoms with Gasteiger partial charge >= 0.3 is 0 Å². The number of carbonyl (C=O) groups is 1. The number of amides is 1. The van der Waals surface area contributed by atoms with Crippen molar-refractivity contribution in [1.29, 1.82) is 0 Å². The van der Waals surface area contributed by atoms with Crippen molar-refractivity contribution in [1.82, 2.24) is 5.32 Å². The number of nitrogens with one attached hydrogen (secondary N) is 1. The topological polar surface area (TPSA) is 92.5 Å². The molecule has 0 aliphatic heterocycles. The van der Waals surface area contributed by atoms with Crippen LogP contribution in [0.15, 0.2) is 42.5 Å². The van der Waals surface area contributed by atoms with E-state index in [0.717, 1.165) is 12.0 Å². The van der Waals surface area contributed by atoms with Gasteiger partial charge in [-0.25, -0.2) is 0 Å². The van der Waals surface area contributed by atoms with E-state index >= 15 is 0 Å². The zero-order chi connectivity index (χ0) is 18.0. The van der Waals surface area contributed by atoms with E-state index in [4.69, 9.17) is 0 Å². The van der Waals surface area contributed by atoms with Crippen LogP contribution in [0.1, 0.15) is 33.5 Å². The molecule has 0 radical (unpaired) electrons. The Morgan fingerprint density at radius 1 is 1.28 bits per heavy atom. The van der Waals surface area contributed by atoms with Gasteiger partial charge in [0.05, 0.1) is 10.5 Å². The van der Waals surface area contributed by atoms with Crippen LogP contribution in [0, 0.1) is 17.0 Å². The van der Waals surface area contributed by atoms with Gasteiger partial charge in [0.1, 0.15) is 0 Å². The number of fused-ring (bicyclic) bond motifs is 1. The monoisotopic (exact) mass is 340 g/mol. The van der Waals surface area contributed by atoms with Crippen LogP contribution in [0.5, 0.6) is 0 Å². The number of benzene rings is 2. The van der Waals surface area contributed by atoms with Crippen LogP contribution in [0.3, 0.4) is 0 Å². The molecule has 130 valence electrons. The summed E-state index contributed by atoms with van der Waals surface area (Å²) >= 11 is 0. The van der Waals surface area contributed by atoms with Gasteiger partial charge in [-0.1, -0.05) is 30.3 Å². The number of aryl methyl sites for hydroxylation is 2. The highest BCUT2D eigenvalue weighted by atomic mass is 16.6. The molecule has 2 aromatic rings. The van der Waals surface area contributed by atoms with Crippen molar-refractivity contribution in [2.45, 2.75) is 31.8 Å². The first-order chi connectivity index (χ1) is 11.9. The molecule has 25 heavy (non-hydrogen) atoms. The predicted molar refractivity (Wildman–Crippen MR) is 93.6 cm³/mol. The summed E-state index contributed by atoms with van der Waals surface area (Å²) in [6, 6.07) is 12.3. The Bertz CT molecular complexity index is 834. The van der Waals surface area contributed by atoms with Gasteiger partial charge in [-0.05, 0) is 37.0 Å². The Morgan fingerprint density at radius 3 is 2.72 bits per heavy atom.